The summed E-state index contributed by atoms with van der Waals surface area (Å²) in [7, 11) is 1.81. The monoisotopic (exact) mass is 216 g/mol. The summed E-state index contributed by atoms with van der Waals surface area (Å²) in [5.41, 5.74) is 1.37. The van der Waals surface area contributed by atoms with Gasteiger partial charge in [0.1, 0.15) is 6.07 Å². The van der Waals surface area contributed by atoms with E-state index in [0.29, 0.717) is 12.1 Å². The molecule has 0 radical (unpaired) electrons. The number of para-hydroxylation sites is 1. The Balaban J connectivity index is 2.77. The number of carboxylic acid groups (broad SMARTS) is 1. The summed E-state index contributed by atoms with van der Waals surface area (Å²) in [6, 6.07) is 9.28. The zero-order valence-electron chi connectivity index (χ0n) is 8.92. The molecule has 0 spiro atoms. The van der Waals surface area contributed by atoms with Gasteiger partial charge in [0.15, 0.2) is 0 Å². The zero-order valence-corrected chi connectivity index (χ0v) is 8.92. The van der Waals surface area contributed by atoms with E-state index < -0.39 is 5.97 Å². The molecule has 1 N–H and O–H groups in total. The van der Waals surface area contributed by atoms with E-state index in [-0.39, 0.29) is 0 Å². The maximum atomic E-state index is 10.3. The Morgan fingerprint density at radius 3 is 2.88 bits per heavy atom. The SMILES string of the molecule is CN(CC=CC(=O)O)c1ccccc1C#N. The van der Waals surface area contributed by atoms with Crippen LogP contribution in [-0.2, 0) is 4.79 Å². The summed E-state index contributed by atoms with van der Waals surface area (Å²) in [5.74, 6) is -0.970. The minimum Gasteiger partial charge on any atom is -0.478 e. The smallest absolute Gasteiger partial charge is 0.328 e. The number of carbonyl (C=O) groups is 1. The molecule has 0 heterocycles. The van der Waals surface area contributed by atoms with E-state index in [1.165, 1.54) is 6.08 Å². The largest absolute Gasteiger partial charge is 0.478 e. The number of hydrogen-bond donors (Lipinski definition) is 1. The van der Waals surface area contributed by atoms with E-state index in [4.69, 9.17) is 10.4 Å². The summed E-state index contributed by atoms with van der Waals surface area (Å²) in [4.78, 5) is 12.1. The van der Waals surface area contributed by atoms with Gasteiger partial charge in [-0.25, -0.2) is 4.79 Å². The van der Waals surface area contributed by atoms with Gasteiger partial charge in [-0.1, -0.05) is 18.2 Å². The second kappa shape index (κ2) is 5.56. The molecule has 0 unspecified atom stereocenters. The average molecular weight is 216 g/mol. The number of hydrogen-bond acceptors (Lipinski definition) is 3. The van der Waals surface area contributed by atoms with Gasteiger partial charge in [0, 0.05) is 19.7 Å². The van der Waals surface area contributed by atoms with Crippen molar-refractivity contribution in [2.75, 3.05) is 18.5 Å². The van der Waals surface area contributed by atoms with E-state index >= 15 is 0 Å². The Labute approximate surface area is 94.0 Å². The quantitative estimate of drug-likeness (QED) is 0.777. The highest BCUT2D eigenvalue weighted by Gasteiger charge is 2.04. The van der Waals surface area contributed by atoms with Gasteiger partial charge < -0.3 is 10.0 Å². The van der Waals surface area contributed by atoms with Gasteiger partial charge in [0.25, 0.3) is 0 Å². The van der Waals surface area contributed by atoms with Gasteiger partial charge >= 0.3 is 5.97 Å². The van der Waals surface area contributed by atoms with Crippen LogP contribution in [0.3, 0.4) is 0 Å². The number of carboxylic acids is 1. The second-order valence-corrected chi connectivity index (χ2v) is 3.25. The molecule has 0 aliphatic heterocycles. The minimum absolute atomic E-state index is 0.449. The summed E-state index contributed by atoms with van der Waals surface area (Å²) in [5, 5.41) is 17.3. The molecule has 0 atom stereocenters. The molecule has 4 nitrogen and oxygen atoms in total. The number of nitriles is 1. The molecule has 16 heavy (non-hydrogen) atoms. The van der Waals surface area contributed by atoms with Crippen LogP contribution in [0.15, 0.2) is 36.4 Å². The van der Waals surface area contributed by atoms with Crippen LogP contribution in [-0.4, -0.2) is 24.7 Å². The van der Waals surface area contributed by atoms with Crippen molar-refractivity contribution in [1.82, 2.24) is 0 Å². The Hall–Kier alpha value is -2.28. The first kappa shape index (κ1) is 11.8. The molecule has 0 aromatic heterocycles. The molecular weight excluding hydrogens is 204 g/mol. The molecule has 1 rings (SSSR count). The van der Waals surface area contributed by atoms with Crippen molar-refractivity contribution in [2.45, 2.75) is 0 Å². The number of likely N-dealkylation sites (N-methyl/N-ethyl adjacent to an activating group) is 1. The Bertz CT molecular complexity index is 447. The van der Waals surface area contributed by atoms with E-state index in [1.54, 1.807) is 12.1 Å². The highest BCUT2D eigenvalue weighted by Crippen LogP contribution is 2.17. The molecule has 0 amide bonds. The Morgan fingerprint density at radius 2 is 2.25 bits per heavy atom. The van der Waals surface area contributed by atoms with Crippen LogP contribution in [0.4, 0.5) is 5.69 Å². The van der Waals surface area contributed by atoms with Crippen LogP contribution in [0, 0.1) is 11.3 Å². The highest BCUT2D eigenvalue weighted by molar-refractivity contribution is 5.79. The Morgan fingerprint density at radius 1 is 1.56 bits per heavy atom. The fourth-order valence-electron chi connectivity index (χ4n) is 1.31. The van der Waals surface area contributed by atoms with E-state index in [1.807, 2.05) is 24.1 Å². The summed E-state index contributed by atoms with van der Waals surface area (Å²) >= 11 is 0. The van der Waals surface area contributed by atoms with Crippen molar-refractivity contribution < 1.29 is 9.90 Å². The number of anilines is 1. The first-order chi connectivity index (χ1) is 7.65. The van der Waals surface area contributed by atoms with Crippen molar-refractivity contribution >= 4 is 11.7 Å². The molecule has 0 saturated carbocycles. The second-order valence-electron chi connectivity index (χ2n) is 3.25. The van der Waals surface area contributed by atoms with Crippen LogP contribution in [0.1, 0.15) is 5.56 Å². The third kappa shape index (κ3) is 3.14. The predicted octanol–water partition coefficient (Wildman–Crippen LogP) is 1.64. The summed E-state index contributed by atoms with van der Waals surface area (Å²) in [6.07, 6.45) is 2.63. The van der Waals surface area contributed by atoms with Gasteiger partial charge in [-0.2, -0.15) is 5.26 Å². The molecule has 0 aliphatic carbocycles. The lowest BCUT2D eigenvalue weighted by Gasteiger charge is -2.18. The molecule has 0 fully saturated rings. The van der Waals surface area contributed by atoms with Crippen LogP contribution >= 0.6 is 0 Å². The lowest BCUT2D eigenvalue weighted by Crippen LogP contribution is -2.18. The first-order valence-electron chi connectivity index (χ1n) is 4.75. The molecule has 1 aromatic carbocycles. The van der Waals surface area contributed by atoms with E-state index in [0.717, 1.165) is 11.8 Å². The molecule has 82 valence electrons. The van der Waals surface area contributed by atoms with Crippen molar-refractivity contribution in [3.05, 3.63) is 42.0 Å². The van der Waals surface area contributed by atoms with Gasteiger partial charge in [-0.15, -0.1) is 0 Å². The van der Waals surface area contributed by atoms with Gasteiger partial charge in [0.2, 0.25) is 0 Å². The number of rotatable bonds is 4. The van der Waals surface area contributed by atoms with Crippen LogP contribution < -0.4 is 4.90 Å². The lowest BCUT2D eigenvalue weighted by molar-refractivity contribution is -0.131. The maximum absolute atomic E-state index is 10.3. The number of benzene rings is 1. The fourth-order valence-corrected chi connectivity index (χ4v) is 1.31. The standard InChI is InChI=1S/C12H12N2O2/c1-14(8-4-7-12(15)16)11-6-3-2-5-10(11)9-13/h2-7H,8H2,1H3,(H,15,16). The van der Waals surface area contributed by atoms with Crippen LogP contribution in [0.25, 0.3) is 0 Å². The molecular formula is C12H12N2O2. The summed E-state index contributed by atoms with van der Waals surface area (Å²) in [6.45, 7) is 0.449. The topological polar surface area (TPSA) is 64.3 Å². The third-order valence-corrected chi connectivity index (χ3v) is 2.08. The fraction of sp³-hybridized carbons (Fsp3) is 0.167. The van der Waals surface area contributed by atoms with E-state index in [9.17, 15) is 4.79 Å². The average Bonchev–Trinajstić information content (AvgIpc) is 2.28. The van der Waals surface area contributed by atoms with Crippen molar-refractivity contribution in [3.8, 4) is 6.07 Å². The highest BCUT2D eigenvalue weighted by atomic mass is 16.4. The maximum Gasteiger partial charge on any atom is 0.328 e. The van der Waals surface area contributed by atoms with E-state index in [2.05, 4.69) is 6.07 Å². The Kier molecular flexibility index (Phi) is 4.10. The molecule has 0 saturated heterocycles. The van der Waals surface area contributed by atoms with Crippen molar-refractivity contribution in [1.29, 1.82) is 5.26 Å². The predicted molar refractivity (Wildman–Crippen MR) is 61.2 cm³/mol. The molecule has 0 bridgehead atoms. The van der Waals surface area contributed by atoms with Crippen LogP contribution in [0.5, 0.6) is 0 Å². The summed E-state index contributed by atoms with van der Waals surface area (Å²) < 4.78 is 0. The lowest BCUT2D eigenvalue weighted by atomic mass is 10.2. The normalized spacial score (nSPS) is 10.0. The third-order valence-electron chi connectivity index (χ3n) is 2.08. The molecule has 1 aromatic rings. The van der Waals surface area contributed by atoms with Gasteiger partial charge in [-0.3, -0.25) is 0 Å². The number of nitrogens with zero attached hydrogens (tertiary/aromatic N) is 2. The van der Waals surface area contributed by atoms with Crippen LogP contribution in [0.2, 0.25) is 0 Å². The van der Waals surface area contributed by atoms with Gasteiger partial charge in [0.05, 0.1) is 11.3 Å². The zero-order chi connectivity index (χ0) is 12.0. The minimum atomic E-state index is -0.970. The van der Waals surface area contributed by atoms with Crippen molar-refractivity contribution in [2.24, 2.45) is 0 Å². The molecule has 4 heteroatoms. The first-order valence-corrected chi connectivity index (χ1v) is 4.75. The van der Waals surface area contributed by atoms with Gasteiger partial charge in [-0.05, 0) is 12.1 Å². The van der Waals surface area contributed by atoms with Crippen molar-refractivity contribution in [3.63, 3.8) is 0 Å². The number of aliphatic carboxylic acids is 1. The molecule has 0 aliphatic rings.